The Labute approximate surface area is 100 Å². The monoisotopic (exact) mass is 236 g/mol. The van der Waals surface area contributed by atoms with E-state index in [0.29, 0.717) is 24.7 Å². The highest BCUT2D eigenvalue weighted by Crippen LogP contribution is 2.27. The summed E-state index contributed by atoms with van der Waals surface area (Å²) < 4.78 is 15.7. The van der Waals surface area contributed by atoms with Gasteiger partial charge in [0.15, 0.2) is 11.5 Å². The van der Waals surface area contributed by atoms with E-state index in [1.165, 1.54) is 0 Å². The van der Waals surface area contributed by atoms with Gasteiger partial charge >= 0.3 is 5.97 Å². The van der Waals surface area contributed by atoms with E-state index in [0.717, 1.165) is 12.8 Å². The van der Waals surface area contributed by atoms with E-state index < -0.39 is 0 Å². The van der Waals surface area contributed by atoms with Gasteiger partial charge < -0.3 is 14.2 Å². The molecule has 17 heavy (non-hydrogen) atoms. The fourth-order valence-corrected chi connectivity index (χ4v) is 1.83. The lowest BCUT2D eigenvalue weighted by Gasteiger charge is -2.20. The minimum Gasteiger partial charge on any atom is -0.493 e. The normalized spacial score (nSPS) is 16.5. The summed E-state index contributed by atoms with van der Waals surface area (Å²) in [6, 6.07) is 7.16. The molecule has 0 saturated carbocycles. The summed E-state index contributed by atoms with van der Waals surface area (Å²) >= 11 is 0. The van der Waals surface area contributed by atoms with Crippen molar-refractivity contribution in [3.63, 3.8) is 0 Å². The number of carbonyl (C=O) groups excluding carboxylic acids is 1. The molecule has 1 aromatic carbocycles. The third-order valence-corrected chi connectivity index (χ3v) is 2.83. The van der Waals surface area contributed by atoms with Gasteiger partial charge in [-0.25, -0.2) is 0 Å². The first-order valence-corrected chi connectivity index (χ1v) is 5.73. The molecule has 4 heteroatoms. The smallest absolute Gasteiger partial charge is 0.314 e. The van der Waals surface area contributed by atoms with Crippen LogP contribution in [0.2, 0.25) is 0 Å². The average Bonchev–Trinajstić information content (AvgIpc) is 2.40. The summed E-state index contributed by atoms with van der Waals surface area (Å²) in [4.78, 5) is 11.9. The Morgan fingerprint density at radius 1 is 1.24 bits per heavy atom. The molecule has 1 saturated heterocycles. The van der Waals surface area contributed by atoms with Crippen molar-refractivity contribution in [3.8, 4) is 11.5 Å². The first-order chi connectivity index (χ1) is 8.31. The minimum absolute atomic E-state index is 0.0614. The van der Waals surface area contributed by atoms with E-state index in [9.17, 15) is 4.79 Å². The standard InChI is InChI=1S/C13H16O4/c1-15-11-4-2-3-5-12(11)17-13(14)10-6-8-16-9-7-10/h2-5,10H,6-9H2,1H3. The molecule has 0 atom stereocenters. The molecular formula is C13H16O4. The molecule has 0 aliphatic carbocycles. The fourth-order valence-electron chi connectivity index (χ4n) is 1.83. The van der Waals surface area contributed by atoms with Gasteiger partial charge in [0, 0.05) is 13.2 Å². The lowest BCUT2D eigenvalue weighted by atomic mass is 10.0. The first kappa shape index (κ1) is 11.9. The highest BCUT2D eigenvalue weighted by Gasteiger charge is 2.24. The van der Waals surface area contributed by atoms with Gasteiger partial charge in [-0.05, 0) is 25.0 Å². The Bertz CT molecular complexity index is 383. The van der Waals surface area contributed by atoms with Gasteiger partial charge in [0.05, 0.1) is 13.0 Å². The second kappa shape index (κ2) is 5.68. The van der Waals surface area contributed by atoms with Crippen LogP contribution in [0.4, 0.5) is 0 Å². The van der Waals surface area contributed by atoms with E-state index in [1.807, 2.05) is 12.1 Å². The molecule has 0 N–H and O–H groups in total. The Morgan fingerprint density at radius 3 is 2.53 bits per heavy atom. The predicted octanol–water partition coefficient (Wildman–Crippen LogP) is 2.03. The lowest BCUT2D eigenvalue weighted by Crippen LogP contribution is -2.27. The highest BCUT2D eigenvalue weighted by atomic mass is 16.6. The number of ether oxygens (including phenoxy) is 3. The van der Waals surface area contributed by atoms with Crippen molar-refractivity contribution < 1.29 is 19.0 Å². The number of hydrogen-bond acceptors (Lipinski definition) is 4. The third kappa shape index (κ3) is 2.97. The predicted molar refractivity (Wildman–Crippen MR) is 62.2 cm³/mol. The molecule has 0 bridgehead atoms. The van der Waals surface area contributed by atoms with Crippen molar-refractivity contribution >= 4 is 5.97 Å². The number of hydrogen-bond donors (Lipinski definition) is 0. The van der Waals surface area contributed by atoms with Crippen LogP contribution in [0.5, 0.6) is 11.5 Å². The lowest BCUT2D eigenvalue weighted by molar-refractivity contribution is -0.142. The summed E-state index contributed by atoms with van der Waals surface area (Å²) in [5.41, 5.74) is 0. The fraction of sp³-hybridized carbons (Fsp3) is 0.462. The van der Waals surface area contributed by atoms with Gasteiger partial charge in [0.1, 0.15) is 0 Å². The van der Waals surface area contributed by atoms with Crippen LogP contribution >= 0.6 is 0 Å². The molecule has 0 radical (unpaired) electrons. The number of methoxy groups -OCH3 is 1. The molecule has 0 aromatic heterocycles. The topological polar surface area (TPSA) is 44.8 Å². The van der Waals surface area contributed by atoms with Crippen molar-refractivity contribution in [2.24, 2.45) is 5.92 Å². The van der Waals surface area contributed by atoms with Gasteiger partial charge in [-0.1, -0.05) is 12.1 Å². The van der Waals surface area contributed by atoms with Crippen LogP contribution in [0.15, 0.2) is 24.3 Å². The van der Waals surface area contributed by atoms with E-state index >= 15 is 0 Å². The van der Waals surface area contributed by atoms with Crippen molar-refractivity contribution in [1.82, 2.24) is 0 Å². The summed E-state index contributed by atoms with van der Waals surface area (Å²) in [5, 5.41) is 0. The van der Waals surface area contributed by atoms with E-state index in [4.69, 9.17) is 14.2 Å². The number of rotatable bonds is 3. The molecule has 1 aliphatic rings. The maximum Gasteiger partial charge on any atom is 0.314 e. The molecule has 0 unspecified atom stereocenters. The van der Waals surface area contributed by atoms with Gasteiger partial charge in [-0.2, -0.15) is 0 Å². The SMILES string of the molecule is COc1ccccc1OC(=O)C1CCOCC1. The molecule has 2 rings (SSSR count). The van der Waals surface area contributed by atoms with Gasteiger partial charge in [0.25, 0.3) is 0 Å². The number of benzene rings is 1. The Kier molecular flexibility index (Phi) is 3.98. The van der Waals surface area contributed by atoms with Crippen LogP contribution in [0, 0.1) is 5.92 Å². The summed E-state index contributed by atoms with van der Waals surface area (Å²) in [6.07, 6.45) is 1.46. The summed E-state index contributed by atoms with van der Waals surface area (Å²) in [7, 11) is 1.56. The van der Waals surface area contributed by atoms with Crippen LogP contribution in [-0.2, 0) is 9.53 Å². The summed E-state index contributed by atoms with van der Waals surface area (Å²) in [6.45, 7) is 1.26. The maximum absolute atomic E-state index is 11.9. The van der Waals surface area contributed by atoms with E-state index in [2.05, 4.69) is 0 Å². The van der Waals surface area contributed by atoms with Crippen LogP contribution < -0.4 is 9.47 Å². The zero-order valence-electron chi connectivity index (χ0n) is 9.85. The largest absolute Gasteiger partial charge is 0.493 e. The third-order valence-electron chi connectivity index (χ3n) is 2.83. The van der Waals surface area contributed by atoms with E-state index in [-0.39, 0.29) is 11.9 Å². The Hall–Kier alpha value is -1.55. The Morgan fingerprint density at radius 2 is 1.88 bits per heavy atom. The van der Waals surface area contributed by atoms with Crippen molar-refractivity contribution in [2.75, 3.05) is 20.3 Å². The highest BCUT2D eigenvalue weighted by molar-refractivity contribution is 5.76. The molecule has 1 heterocycles. The van der Waals surface area contributed by atoms with Crippen molar-refractivity contribution in [2.45, 2.75) is 12.8 Å². The van der Waals surface area contributed by atoms with Gasteiger partial charge in [-0.15, -0.1) is 0 Å². The average molecular weight is 236 g/mol. The van der Waals surface area contributed by atoms with Gasteiger partial charge in [-0.3, -0.25) is 4.79 Å². The van der Waals surface area contributed by atoms with Crippen molar-refractivity contribution in [3.05, 3.63) is 24.3 Å². The number of esters is 1. The molecule has 0 amide bonds. The first-order valence-electron chi connectivity index (χ1n) is 5.73. The summed E-state index contributed by atoms with van der Waals surface area (Å²) in [5.74, 6) is 0.797. The molecule has 1 fully saturated rings. The second-order valence-corrected chi connectivity index (χ2v) is 3.96. The zero-order chi connectivity index (χ0) is 12.1. The van der Waals surface area contributed by atoms with Crippen LogP contribution in [0.25, 0.3) is 0 Å². The van der Waals surface area contributed by atoms with Crippen LogP contribution in [0.3, 0.4) is 0 Å². The van der Waals surface area contributed by atoms with E-state index in [1.54, 1.807) is 19.2 Å². The molecule has 1 aromatic rings. The zero-order valence-corrected chi connectivity index (χ0v) is 9.85. The second-order valence-electron chi connectivity index (χ2n) is 3.96. The molecular weight excluding hydrogens is 220 g/mol. The Balaban J connectivity index is 2.01. The van der Waals surface area contributed by atoms with Crippen LogP contribution in [-0.4, -0.2) is 26.3 Å². The molecule has 1 aliphatic heterocycles. The molecule has 4 nitrogen and oxygen atoms in total. The number of carbonyl (C=O) groups is 1. The quantitative estimate of drug-likeness (QED) is 0.595. The molecule has 0 spiro atoms. The number of para-hydroxylation sites is 2. The maximum atomic E-state index is 11.9. The van der Waals surface area contributed by atoms with Gasteiger partial charge in [0.2, 0.25) is 0 Å². The molecule has 92 valence electrons. The van der Waals surface area contributed by atoms with Crippen LogP contribution in [0.1, 0.15) is 12.8 Å². The van der Waals surface area contributed by atoms with Crippen molar-refractivity contribution in [1.29, 1.82) is 0 Å². The minimum atomic E-state index is -0.196.